The van der Waals surface area contributed by atoms with Crippen molar-refractivity contribution in [1.29, 1.82) is 0 Å². The Morgan fingerprint density at radius 2 is 2.03 bits per heavy atom. The van der Waals surface area contributed by atoms with E-state index in [1.54, 1.807) is 19.3 Å². The van der Waals surface area contributed by atoms with Crippen LogP contribution in [0.2, 0.25) is 0 Å². The molecular weight excluding hydrogens is 436 g/mol. The number of aromatic nitrogens is 4. The minimum Gasteiger partial charge on any atom is -0.346 e. The topological polar surface area (TPSA) is 83.9 Å². The van der Waals surface area contributed by atoms with Crippen molar-refractivity contribution < 1.29 is 17.2 Å². The van der Waals surface area contributed by atoms with Crippen LogP contribution in [0.25, 0.3) is 22.3 Å². The summed E-state index contributed by atoms with van der Waals surface area (Å²) >= 11 is 0. The fourth-order valence-electron chi connectivity index (χ4n) is 4.45. The lowest BCUT2D eigenvalue weighted by atomic mass is 10.1. The van der Waals surface area contributed by atoms with E-state index in [-0.39, 0.29) is 18.5 Å². The summed E-state index contributed by atoms with van der Waals surface area (Å²) < 4.78 is 57.2. The molecule has 1 aliphatic heterocycles. The smallest absolute Gasteiger partial charge is 0.246 e. The van der Waals surface area contributed by atoms with Gasteiger partial charge in [-0.15, -0.1) is 0 Å². The van der Waals surface area contributed by atoms with Gasteiger partial charge in [0.05, 0.1) is 22.9 Å². The molecule has 0 bridgehead atoms. The molecule has 1 aliphatic rings. The van der Waals surface area contributed by atoms with Crippen LogP contribution in [0.4, 0.5) is 8.78 Å². The van der Waals surface area contributed by atoms with Gasteiger partial charge in [0.2, 0.25) is 10.0 Å². The molecule has 166 valence electrons. The van der Waals surface area contributed by atoms with Crippen LogP contribution >= 0.6 is 0 Å². The van der Waals surface area contributed by atoms with Crippen LogP contribution in [0.15, 0.2) is 59.9 Å². The number of sulfonamides is 1. The highest BCUT2D eigenvalue weighted by Gasteiger charge is 2.39. The molecule has 1 N–H and O–H groups in total. The van der Waals surface area contributed by atoms with Crippen molar-refractivity contribution >= 4 is 21.1 Å². The molecule has 0 radical (unpaired) electrons. The summed E-state index contributed by atoms with van der Waals surface area (Å²) in [4.78, 5) is 4.06. The van der Waals surface area contributed by atoms with Crippen molar-refractivity contribution in [1.82, 2.24) is 24.1 Å². The Balaban J connectivity index is 1.37. The van der Waals surface area contributed by atoms with Crippen molar-refractivity contribution in [2.75, 3.05) is 6.54 Å². The van der Waals surface area contributed by atoms with Crippen LogP contribution < -0.4 is 0 Å². The normalized spacial score (nSPS) is 19.7. The number of benzene rings is 1. The van der Waals surface area contributed by atoms with Crippen molar-refractivity contribution in [3.05, 3.63) is 66.6 Å². The van der Waals surface area contributed by atoms with Crippen LogP contribution in [0.5, 0.6) is 0 Å². The summed E-state index contributed by atoms with van der Waals surface area (Å²) in [5.41, 5.74) is 3.49. The molecule has 3 aromatic heterocycles. The fourth-order valence-corrected chi connectivity index (χ4v) is 6.24. The van der Waals surface area contributed by atoms with E-state index in [0.29, 0.717) is 13.0 Å². The first kappa shape index (κ1) is 20.8. The van der Waals surface area contributed by atoms with Crippen molar-refractivity contribution in [2.45, 2.75) is 30.8 Å². The Morgan fingerprint density at radius 3 is 2.81 bits per heavy atom. The minimum atomic E-state index is -4.14. The number of fused-ring (bicyclic) bond motifs is 1. The summed E-state index contributed by atoms with van der Waals surface area (Å²) in [6, 6.07) is 8.74. The minimum absolute atomic E-state index is 0.0283. The van der Waals surface area contributed by atoms with Gasteiger partial charge in [-0.25, -0.2) is 22.2 Å². The average Bonchev–Trinajstić information content (AvgIpc) is 3.50. The molecule has 1 fully saturated rings. The van der Waals surface area contributed by atoms with Crippen LogP contribution in [-0.2, 0) is 16.6 Å². The number of halogens is 2. The Kier molecular flexibility index (Phi) is 5.06. The average molecular weight is 458 g/mol. The number of aromatic amines is 1. The molecule has 0 amide bonds. The molecule has 2 atom stereocenters. The summed E-state index contributed by atoms with van der Waals surface area (Å²) in [7, 11) is -4.14. The maximum atomic E-state index is 14.2. The molecule has 10 heteroatoms. The predicted octanol–water partition coefficient (Wildman–Crippen LogP) is 3.80. The van der Waals surface area contributed by atoms with Gasteiger partial charge in [-0.3, -0.25) is 5.10 Å². The fraction of sp³-hybridized carbons (Fsp3) is 0.273. The van der Waals surface area contributed by atoms with E-state index in [0.717, 1.165) is 34.4 Å². The zero-order chi connectivity index (χ0) is 22.5. The molecule has 1 aromatic carbocycles. The van der Waals surface area contributed by atoms with E-state index in [4.69, 9.17) is 0 Å². The molecule has 1 saturated heterocycles. The third-order valence-electron chi connectivity index (χ3n) is 5.98. The molecule has 1 unspecified atom stereocenters. The lowest BCUT2D eigenvalue weighted by Gasteiger charge is -2.21. The van der Waals surface area contributed by atoms with Gasteiger partial charge in [-0.1, -0.05) is 6.07 Å². The van der Waals surface area contributed by atoms with Crippen LogP contribution in [-0.4, -0.2) is 45.1 Å². The second-order valence-corrected chi connectivity index (χ2v) is 9.99. The van der Waals surface area contributed by atoms with Crippen molar-refractivity contribution in [2.24, 2.45) is 5.92 Å². The van der Waals surface area contributed by atoms with Gasteiger partial charge in [0.15, 0.2) is 11.6 Å². The first-order chi connectivity index (χ1) is 15.3. The maximum absolute atomic E-state index is 14.2. The number of rotatable bonds is 5. The number of hydrogen-bond donors (Lipinski definition) is 1. The van der Waals surface area contributed by atoms with Gasteiger partial charge in [0.1, 0.15) is 4.90 Å². The van der Waals surface area contributed by atoms with E-state index < -0.39 is 26.6 Å². The van der Waals surface area contributed by atoms with Crippen LogP contribution in [0.3, 0.4) is 0 Å². The number of pyridine rings is 1. The number of H-pyrrole nitrogens is 1. The largest absolute Gasteiger partial charge is 0.346 e. The summed E-state index contributed by atoms with van der Waals surface area (Å²) in [5.74, 6) is -2.48. The van der Waals surface area contributed by atoms with E-state index in [9.17, 15) is 17.2 Å². The van der Waals surface area contributed by atoms with Gasteiger partial charge in [-0.05, 0) is 49.6 Å². The van der Waals surface area contributed by atoms with E-state index in [1.165, 1.54) is 10.4 Å². The lowest BCUT2D eigenvalue weighted by molar-refractivity contribution is 0.393. The second kappa shape index (κ2) is 7.79. The molecule has 0 aliphatic carbocycles. The molecule has 7 nitrogen and oxygen atoms in total. The first-order valence-corrected chi connectivity index (χ1v) is 11.7. The van der Waals surface area contributed by atoms with Gasteiger partial charge in [-0.2, -0.15) is 9.40 Å². The molecule has 0 saturated carbocycles. The van der Waals surface area contributed by atoms with Crippen molar-refractivity contribution in [3.8, 4) is 11.3 Å². The molecule has 0 spiro atoms. The first-order valence-electron chi connectivity index (χ1n) is 10.3. The van der Waals surface area contributed by atoms with Gasteiger partial charge >= 0.3 is 0 Å². The van der Waals surface area contributed by atoms with Gasteiger partial charge in [0, 0.05) is 37.1 Å². The van der Waals surface area contributed by atoms with Gasteiger partial charge < -0.3 is 4.57 Å². The summed E-state index contributed by atoms with van der Waals surface area (Å²) in [6.45, 7) is 2.62. The quantitative estimate of drug-likeness (QED) is 0.494. The molecule has 4 heterocycles. The third-order valence-corrected chi connectivity index (χ3v) is 7.98. The standard InChI is InChI=1S/C22H21F2N5O2S/c1-14-9-15(13-29(14)32(30,31)21-4-2-3-17(23)22(21)24)12-28-8-7-19-20(28)6-5-18(27-19)16-10-25-26-11-16/h2-8,10-11,14-15H,9,12-13H2,1H3,(H,25,26)/t14-,15?/m1/s1. The second-order valence-electron chi connectivity index (χ2n) is 8.13. The predicted molar refractivity (Wildman–Crippen MR) is 115 cm³/mol. The Labute approximate surface area is 183 Å². The third kappa shape index (κ3) is 3.49. The highest BCUT2D eigenvalue weighted by molar-refractivity contribution is 7.89. The molecule has 5 rings (SSSR count). The lowest BCUT2D eigenvalue weighted by Crippen LogP contribution is -2.34. The SMILES string of the molecule is C[C@@H]1CC(Cn2ccc3nc(-c4cn[nH]c4)ccc32)CN1S(=O)(=O)c1cccc(F)c1F. The molecular formula is C22H21F2N5O2S. The molecule has 32 heavy (non-hydrogen) atoms. The Hall–Kier alpha value is -3.11. The van der Waals surface area contributed by atoms with Crippen molar-refractivity contribution in [3.63, 3.8) is 0 Å². The number of nitrogens with one attached hydrogen (secondary N) is 1. The summed E-state index contributed by atoms with van der Waals surface area (Å²) in [5, 5.41) is 6.73. The highest BCUT2D eigenvalue weighted by Crippen LogP contribution is 2.32. The Morgan fingerprint density at radius 1 is 1.19 bits per heavy atom. The van der Waals surface area contributed by atoms with Gasteiger partial charge in [0.25, 0.3) is 0 Å². The summed E-state index contributed by atoms with van der Waals surface area (Å²) in [6.07, 6.45) is 6.05. The zero-order valence-electron chi connectivity index (χ0n) is 17.2. The zero-order valence-corrected chi connectivity index (χ0v) is 18.1. The number of hydrogen-bond acceptors (Lipinski definition) is 4. The number of nitrogens with zero attached hydrogens (tertiary/aromatic N) is 4. The van der Waals surface area contributed by atoms with E-state index >= 15 is 0 Å². The van der Waals surface area contributed by atoms with Crippen LogP contribution in [0.1, 0.15) is 13.3 Å². The maximum Gasteiger partial charge on any atom is 0.246 e. The Bertz CT molecular complexity index is 1380. The molecule has 4 aromatic rings. The van der Waals surface area contributed by atoms with E-state index in [1.807, 2.05) is 24.4 Å². The monoisotopic (exact) mass is 457 g/mol. The highest BCUT2D eigenvalue weighted by atomic mass is 32.2. The van der Waals surface area contributed by atoms with E-state index in [2.05, 4.69) is 19.7 Å². The van der Waals surface area contributed by atoms with Crippen LogP contribution in [0, 0.1) is 17.6 Å².